The molecule has 1 rings (SSSR count). The van der Waals surface area contributed by atoms with Crippen molar-refractivity contribution in [1.29, 1.82) is 5.26 Å². The van der Waals surface area contributed by atoms with Gasteiger partial charge in [0.2, 0.25) is 0 Å². The molecule has 0 radical (unpaired) electrons. The summed E-state index contributed by atoms with van der Waals surface area (Å²) in [5, 5.41) is 8.60. The van der Waals surface area contributed by atoms with Crippen molar-refractivity contribution in [2.75, 3.05) is 12.5 Å². The molecule has 0 amide bonds. The lowest BCUT2D eigenvalue weighted by Gasteiger charge is -1.96. The van der Waals surface area contributed by atoms with Gasteiger partial charge in [-0.15, -0.1) is 0 Å². The van der Waals surface area contributed by atoms with Gasteiger partial charge in [-0.2, -0.15) is 9.62 Å². The van der Waals surface area contributed by atoms with Crippen LogP contribution in [0.5, 0.6) is 0 Å². The van der Waals surface area contributed by atoms with Crippen molar-refractivity contribution in [3.05, 3.63) is 29.8 Å². The maximum Gasteiger partial charge on any atom is 0.0992 e. The van der Waals surface area contributed by atoms with Gasteiger partial charge in [0.15, 0.2) is 0 Å². The molecule has 0 saturated heterocycles. The highest BCUT2D eigenvalue weighted by Crippen LogP contribution is 2.14. The molecule has 0 fully saturated rings. The Kier molecular flexibility index (Phi) is 2.69. The van der Waals surface area contributed by atoms with Crippen molar-refractivity contribution in [1.82, 2.24) is 0 Å². The summed E-state index contributed by atoms with van der Waals surface area (Å²) >= 11 is 0. The lowest BCUT2D eigenvalue weighted by Crippen LogP contribution is -1.88. The van der Waals surface area contributed by atoms with Crippen molar-refractivity contribution < 1.29 is 4.21 Å². The molecule has 0 aliphatic rings. The molecule has 1 aromatic carbocycles. The lowest BCUT2D eigenvalue weighted by atomic mass is 10.2. The van der Waals surface area contributed by atoms with Crippen LogP contribution in [0, 0.1) is 11.3 Å². The van der Waals surface area contributed by atoms with Gasteiger partial charge in [0.05, 0.1) is 17.3 Å². The van der Waals surface area contributed by atoms with Crippen LogP contribution in [0.25, 0.3) is 0 Å². The van der Waals surface area contributed by atoms with Gasteiger partial charge in [-0.1, -0.05) is 6.07 Å². The summed E-state index contributed by atoms with van der Waals surface area (Å²) in [5.74, 6) is 0. The molecule has 0 aromatic heterocycles. The average molecular weight is 194 g/mol. The fourth-order valence-electron chi connectivity index (χ4n) is 0.886. The van der Waals surface area contributed by atoms with Gasteiger partial charge in [0, 0.05) is 22.2 Å². The Bertz CT molecular complexity index is 457. The minimum atomic E-state index is -2.14. The highest BCUT2D eigenvalue weighted by Gasteiger charge is 1.95. The van der Waals surface area contributed by atoms with Gasteiger partial charge in [-0.05, 0) is 18.2 Å². The van der Waals surface area contributed by atoms with Crippen LogP contribution < -0.4 is 0 Å². The summed E-state index contributed by atoms with van der Waals surface area (Å²) in [6, 6.07) is 8.76. The van der Waals surface area contributed by atoms with E-state index in [9.17, 15) is 4.21 Å². The van der Waals surface area contributed by atoms with Gasteiger partial charge >= 0.3 is 0 Å². The van der Waals surface area contributed by atoms with E-state index in [1.807, 2.05) is 6.07 Å². The normalized spacial score (nSPS) is 10.5. The van der Waals surface area contributed by atoms with E-state index in [1.165, 1.54) is 0 Å². The molecule has 0 spiro atoms. The standard InChI is InChI=1S/C9H10N2OS/c1-13(2,12)11-9-5-3-4-8(6-9)7-10/h3-6H,1-2H3. The van der Waals surface area contributed by atoms with Crippen LogP contribution in [0.4, 0.5) is 5.69 Å². The smallest absolute Gasteiger partial charge is 0.0992 e. The van der Waals surface area contributed by atoms with Crippen LogP contribution in [0.1, 0.15) is 5.56 Å². The first-order valence-electron chi connectivity index (χ1n) is 3.68. The van der Waals surface area contributed by atoms with Crippen molar-refractivity contribution in [3.63, 3.8) is 0 Å². The highest BCUT2D eigenvalue weighted by atomic mass is 32.2. The van der Waals surface area contributed by atoms with Crippen LogP contribution in [0.15, 0.2) is 28.6 Å². The summed E-state index contributed by atoms with van der Waals surface area (Å²) in [7, 11) is -2.14. The molecule has 0 atom stereocenters. The van der Waals surface area contributed by atoms with Crippen LogP contribution in [-0.4, -0.2) is 16.7 Å². The summed E-state index contributed by atoms with van der Waals surface area (Å²) in [6.45, 7) is 0. The zero-order valence-electron chi connectivity index (χ0n) is 7.52. The Balaban J connectivity index is 3.20. The second-order valence-electron chi connectivity index (χ2n) is 2.93. The second-order valence-corrected chi connectivity index (χ2v) is 5.48. The average Bonchev–Trinajstić information content (AvgIpc) is 2.01. The predicted octanol–water partition coefficient (Wildman–Crippen LogP) is 1.92. The fourth-order valence-corrected chi connectivity index (χ4v) is 1.51. The second kappa shape index (κ2) is 3.58. The summed E-state index contributed by atoms with van der Waals surface area (Å²) in [4.78, 5) is 0. The summed E-state index contributed by atoms with van der Waals surface area (Å²) in [6.07, 6.45) is 3.12. The first-order valence-corrected chi connectivity index (χ1v) is 6.02. The molecule has 4 heteroatoms. The highest BCUT2D eigenvalue weighted by molar-refractivity contribution is 7.92. The molecule has 0 heterocycles. The third-order valence-corrected chi connectivity index (χ3v) is 1.95. The summed E-state index contributed by atoms with van der Waals surface area (Å²) in [5.41, 5.74) is 1.12. The largest absolute Gasteiger partial charge is 0.250 e. The number of benzene rings is 1. The molecule has 0 unspecified atom stereocenters. The molecule has 68 valence electrons. The third kappa shape index (κ3) is 3.26. The first-order chi connectivity index (χ1) is 6.01. The van der Waals surface area contributed by atoms with E-state index >= 15 is 0 Å². The maximum absolute atomic E-state index is 11.3. The number of nitrogens with zero attached hydrogens (tertiary/aromatic N) is 2. The van der Waals surface area contributed by atoms with Crippen LogP contribution >= 0.6 is 0 Å². The Hall–Kier alpha value is -1.34. The monoisotopic (exact) mass is 194 g/mol. The lowest BCUT2D eigenvalue weighted by molar-refractivity contribution is 0.684. The van der Waals surface area contributed by atoms with Crippen LogP contribution in [-0.2, 0) is 9.73 Å². The molecule has 0 aliphatic carbocycles. The zero-order valence-corrected chi connectivity index (χ0v) is 8.34. The molecule has 0 saturated carbocycles. The minimum absolute atomic E-state index is 0.532. The number of nitriles is 1. The Morgan fingerprint density at radius 1 is 1.46 bits per heavy atom. The Labute approximate surface area is 78.2 Å². The number of hydrogen-bond donors (Lipinski definition) is 0. The molecule has 3 nitrogen and oxygen atoms in total. The summed E-state index contributed by atoms with van der Waals surface area (Å²) < 4.78 is 15.3. The zero-order chi connectivity index (χ0) is 9.90. The van der Waals surface area contributed by atoms with Crippen molar-refractivity contribution in [2.45, 2.75) is 0 Å². The van der Waals surface area contributed by atoms with E-state index in [0.29, 0.717) is 11.3 Å². The molecule has 0 bridgehead atoms. The van der Waals surface area contributed by atoms with Gasteiger partial charge < -0.3 is 0 Å². The minimum Gasteiger partial charge on any atom is -0.250 e. The first kappa shape index (κ1) is 9.75. The SMILES string of the molecule is CS(C)(=O)=Nc1cccc(C#N)c1. The maximum atomic E-state index is 11.3. The molecular weight excluding hydrogens is 184 g/mol. The van der Waals surface area contributed by atoms with Gasteiger partial charge in [-0.25, -0.2) is 4.21 Å². The van der Waals surface area contributed by atoms with Crippen LogP contribution in [0.3, 0.4) is 0 Å². The van der Waals surface area contributed by atoms with Crippen LogP contribution in [0.2, 0.25) is 0 Å². The molecule has 13 heavy (non-hydrogen) atoms. The molecule has 0 N–H and O–H groups in total. The van der Waals surface area contributed by atoms with E-state index in [4.69, 9.17) is 5.26 Å². The van der Waals surface area contributed by atoms with E-state index in [1.54, 1.807) is 36.8 Å². The Morgan fingerprint density at radius 2 is 2.15 bits per heavy atom. The van der Waals surface area contributed by atoms with Gasteiger partial charge in [0.25, 0.3) is 0 Å². The van der Waals surface area contributed by atoms with Crippen molar-refractivity contribution >= 4 is 15.4 Å². The van der Waals surface area contributed by atoms with Gasteiger partial charge in [-0.3, -0.25) is 0 Å². The van der Waals surface area contributed by atoms with Crippen molar-refractivity contribution in [2.24, 2.45) is 4.36 Å². The molecule has 0 aliphatic heterocycles. The number of rotatable bonds is 1. The molecule has 1 aromatic rings. The van der Waals surface area contributed by atoms with Gasteiger partial charge in [0.1, 0.15) is 0 Å². The molecular formula is C9H10N2OS. The van der Waals surface area contributed by atoms with E-state index in [0.717, 1.165) is 0 Å². The predicted molar refractivity (Wildman–Crippen MR) is 53.2 cm³/mol. The quantitative estimate of drug-likeness (QED) is 0.685. The van der Waals surface area contributed by atoms with E-state index in [-0.39, 0.29) is 0 Å². The third-order valence-electron chi connectivity index (χ3n) is 1.30. The van der Waals surface area contributed by atoms with Crippen molar-refractivity contribution in [3.8, 4) is 6.07 Å². The fraction of sp³-hybridized carbons (Fsp3) is 0.222. The Morgan fingerprint density at radius 3 is 2.69 bits per heavy atom. The number of hydrogen-bond acceptors (Lipinski definition) is 3. The topological polar surface area (TPSA) is 53.2 Å². The van der Waals surface area contributed by atoms with E-state index in [2.05, 4.69) is 4.36 Å². The van der Waals surface area contributed by atoms with E-state index < -0.39 is 9.73 Å².